The van der Waals surface area contributed by atoms with Crippen molar-refractivity contribution in [3.8, 4) is 0 Å². The summed E-state index contributed by atoms with van der Waals surface area (Å²) >= 11 is 2.21. The third-order valence-corrected chi connectivity index (χ3v) is 2.67. The lowest BCUT2D eigenvalue weighted by Crippen LogP contribution is -2.15. The van der Waals surface area contributed by atoms with Crippen LogP contribution in [0.4, 0.5) is 0 Å². The highest BCUT2D eigenvalue weighted by molar-refractivity contribution is 14.1. The number of esters is 1. The molecule has 1 aliphatic heterocycles. The number of carbonyl (C=O) groups excluding carboxylic acids is 1. The maximum absolute atomic E-state index is 11.0. The second-order valence-electron chi connectivity index (χ2n) is 2.12. The minimum absolute atomic E-state index is 0.127. The summed E-state index contributed by atoms with van der Waals surface area (Å²) in [7, 11) is 0. The van der Waals surface area contributed by atoms with E-state index in [0.29, 0.717) is 6.61 Å². The van der Waals surface area contributed by atoms with Gasteiger partial charge < -0.3 is 4.74 Å². The van der Waals surface area contributed by atoms with E-state index < -0.39 is 0 Å². The largest absolute Gasteiger partial charge is 0.462 e. The minimum Gasteiger partial charge on any atom is -0.462 e. The highest BCUT2D eigenvalue weighted by atomic mass is 127. The molecule has 0 saturated carbocycles. The lowest BCUT2D eigenvalue weighted by Gasteiger charge is -2.14. The third-order valence-electron chi connectivity index (χ3n) is 1.48. The van der Waals surface area contributed by atoms with E-state index >= 15 is 0 Å². The number of rotatable bonds is 1. The van der Waals surface area contributed by atoms with Gasteiger partial charge in [0.1, 0.15) is 0 Å². The van der Waals surface area contributed by atoms with Crippen LogP contribution in [0.5, 0.6) is 0 Å². The number of ether oxygens (including phenoxy) is 1. The summed E-state index contributed by atoms with van der Waals surface area (Å²) < 4.78 is 6.01. The van der Waals surface area contributed by atoms with Crippen molar-refractivity contribution >= 4 is 28.6 Å². The van der Waals surface area contributed by atoms with Crippen LogP contribution in [0.25, 0.3) is 0 Å². The monoisotopic (exact) mass is 252 g/mol. The maximum atomic E-state index is 11.0. The van der Waals surface area contributed by atoms with E-state index in [2.05, 4.69) is 22.6 Å². The van der Waals surface area contributed by atoms with Crippen LogP contribution in [0.15, 0.2) is 9.15 Å². The molecule has 0 aliphatic carbocycles. The molecule has 0 aromatic rings. The minimum atomic E-state index is -0.127. The molecule has 2 nitrogen and oxygen atoms in total. The van der Waals surface area contributed by atoms with Gasteiger partial charge >= 0.3 is 5.97 Å². The zero-order valence-corrected chi connectivity index (χ0v) is 7.97. The predicted molar refractivity (Wildman–Crippen MR) is 46.9 cm³/mol. The normalized spacial score (nSPS) is 19.2. The molecule has 0 fully saturated rings. The molecule has 0 unspecified atom stereocenters. The first-order valence-corrected chi connectivity index (χ1v) is 4.38. The van der Waals surface area contributed by atoms with Crippen LogP contribution in [0.1, 0.15) is 19.8 Å². The Balaban J connectivity index is 2.84. The molecule has 1 aliphatic rings. The Labute approximate surface area is 73.8 Å². The lowest BCUT2D eigenvalue weighted by atomic mass is 10.1. The topological polar surface area (TPSA) is 26.3 Å². The Morgan fingerprint density at radius 3 is 2.80 bits per heavy atom. The second-order valence-corrected chi connectivity index (χ2v) is 3.43. The van der Waals surface area contributed by atoms with Crippen molar-refractivity contribution in [3.63, 3.8) is 0 Å². The highest BCUT2D eigenvalue weighted by Crippen LogP contribution is 2.24. The molecule has 0 saturated heterocycles. The summed E-state index contributed by atoms with van der Waals surface area (Å²) in [6, 6.07) is 0. The van der Waals surface area contributed by atoms with Crippen LogP contribution in [0.3, 0.4) is 0 Å². The molecular formula is C7H9IO2. The standard InChI is InChI=1S/C7H9IO2/c1-2-5-6(8)3-4-10-7(5)9/h2-4H2,1H3. The fourth-order valence-corrected chi connectivity index (χ4v) is 1.74. The molecule has 0 spiro atoms. The molecule has 10 heavy (non-hydrogen) atoms. The molecular weight excluding hydrogens is 243 g/mol. The summed E-state index contributed by atoms with van der Waals surface area (Å²) in [4.78, 5) is 11.0. The van der Waals surface area contributed by atoms with Crippen LogP contribution in [0.2, 0.25) is 0 Å². The Bertz CT molecular complexity index is 184. The van der Waals surface area contributed by atoms with Gasteiger partial charge in [-0.15, -0.1) is 0 Å². The lowest BCUT2D eigenvalue weighted by molar-refractivity contribution is -0.140. The van der Waals surface area contributed by atoms with E-state index in [4.69, 9.17) is 4.74 Å². The SMILES string of the molecule is CCC1=C(I)CCOC1=O. The molecule has 56 valence electrons. The average molecular weight is 252 g/mol. The summed E-state index contributed by atoms with van der Waals surface area (Å²) in [6.45, 7) is 2.53. The van der Waals surface area contributed by atoms with Crippen molar-refractivity contribution in [2.75, 3.05) is 6.61 Å². The van der Waals surface area contributed by atoms with Gasteiger partial charge in [0.15, 0.2) is 0 Å². The van der Waals surface area contributed by atoms with Crippen molar-refractivity contribution in [1.82, 2.24) is 0 Å². The summed E-state index contributed by atoms with van der Waals surface area (Å²) in [5.74, 6) is -0.127. The Morgan fingerprint density at radius 1 is 1.70 bits per heavy atom. The Hall–Kier alpha value is -0.0600. The van der Waals surface area contributed by atoms with Gasteiger partial charge in [0.2, 0.25) is 0 Å². The first-order chi connectivity index (χ1) is 4.75. The van der Waals surface area contributed by atoms with Gasteiger partial charge in [-0.05, 0) is 29.0 Å². The van der Waals surface area contributed by atoms with Gasteiger partial charge in [-0.2, -0.15) is 0 Å². The zero-order valence-electron chi connectivity index (χ0n) is 5.82. The fraction of sp³-hybridized carbons (Fsp3) is 0.571. The molecule has 0 radical (unpaired) electrons. The van der Waals surface area contributed by atoms with Crippen molar-refractivity contribution in [1.29, 1.82) is 0 Å². The molecule has 1 rings (SSSR count). The van der Waals surface area contributed by atoms with Crippen molar-refractivity contribution in [2.24, 2.45) is 0 Å². The molecule has 0 aromatic carbocycles. The number of hydrogen-bond donors (Lipinski definition) is 0. The van der Waals surface area contributed by atoms with E-state index in [1.54, 1.807) is 0 Å². The van der Waals surface area contributed by atoms with Gasteiger partial charge in [0, 0.05) is 15.6 Å². The van der Waals surface area contributed by atoms with E-state index in [1.165, 1.54) is 0 Å². The van der Waals surface area contributed by atoms with Crippen LogP contribution in [-0.2, 0) is 9.53 Å². The van der Waals surface area contributed by atoms with Crippen molar-refractivity contribution in [2.45, 2.75) is 19.8 Å². The summed E-state index contributed by atoms with van der Waals surface area (Å²) in [6.07, 6.45) is 1.69. The van der Waals surface area contributed by atoms with Crippen molar-refractivity contribution in [3.05, 3.63) is 9.15 Å². The van der Waals surface area contributed by atoms with Crippen LogP contribution in [-0.4, -0.2) is 12.6 Å². The molecule has 0 amide bonds. The fourth-order valence-electron chi connectivity index (χ4n) is 0.918. The number of halogens is 1. The average Bonchev–Trinajstić information content (AvgIpc) is 1.88. The third kappa shape index (κ3) is 1.51. The van der Waals surface area contributed by atoms with Gasteiger partial charge in [0.05, 0.1) is 6.61 Å². The molecule has 0 N–H and O–H groups in total. The molecule has 0 aromatic heterocycles. The molecule has 0 atom stereocenters. The second kappa shape index (κ2) is 3.37. The van der Waals surface area contributed by atoms with Crippen LogP contribution < -0.4 is 0 Å². The zero-order chi connectivity index (χ0) is 7.56. The van der Waals surface area contributed by atoms with Gasteiger partial charge in [-0.3, -0.25) is 0 Å². The quantitative estimate of drug-likeness (QED) is 0.527. The molecule has 1 heterocycles. The first kappa shape index (κ1) is 8.04. The smallest absolute Gasteiger partial charge is 0.334 e. The molecule has 0 bridgehead atoms. The van der Waals surface area contributed by atoms with E-state index in [-0.39, 0.29) is 5.97 Å². The highest BCUT2D eigenvalue weighted by Gasteiger charge is 2.17. The van der Waals surface area contributed by atoms with Crippen LogP contribution >= 0.6 is 22.6 Å². The van der Waals surface area contributed by atoms with Crippen LogP contribution in [0, 0.1) is 0 Å². The number of hydrogen-bond acceptors (Lipinski definition) is 2. The van der Waals surface area contributed by atoms with E-state index in [1.807, 2.05) is 6.92 Å². The van der Waals surface area contributed by atoms with E-state index in [9.17, 15) is 4.79 Å². The summed E-state index contributed by atoms with van der Waals surface area (Å²) in [5, 5.41) is 0. The maximum Gasteiger partial charge on any atom is 0.334 e. The van der Waals surface area contributed by atoms with Gasteiger partial charge in [-0.1, -0.05) is 6.92 Å². The number of cyclic esters (lactones) is 1. The predicted octanol–water partition coefficient (Wildman–Crippen LogP) is 2.03. The van der Waals surface area contributed by atoms with E-state index in [0.717, 1.165) is 22.0 Å². The molecule has 3 heteroatoms. The Kier molecular flexibility index (Phi) is 2.71. The van der Waals surface area contributed by atoms with Crippen molar-refractivity contribution < 1.29 is 9.53 Å². The first-order valence-electron chi connectivity index (χ1n) is 3.30. The van der Waals surface area contributed by atoms with Gasteiger partial charge in [-0.25, -0.2) is 4.79 Å². The number of carbonyl (C=O) groups is 1. The summed E-state index contributed by atoms with van der Waals surface area (Å²) in [5.41, 5.74) is 0.854. The van der Waals surface area contributed by atoms with Gasteiger partial charge in [0.25, 0.3) is 0 Å². The Morgan fingerprint density at radius 2 is 2.40 bits per heavy atom.